The second kappa shape index (κ2) is 9.74. The smallest absolute Gasteiger partial charge is 0.333 e. The molecule has 0 bridgehead atoms. The molecule has 1 fully saturated rings. The maximum absolute atomic E-state index is 12.9. The quantitative estimate of drug-likeness (QED) is 0.443. The van der Waals surface area contributed by atoms with Gasteiger partial charge < -0.3 is 19.0 Å². The Morgan fingerprint density at radius 3 is 2.61 bits per heavy atom. The van der Waals surface area contributed by atoms with Crippen molar-refractivity contribution >= 4 is 17.9 Å². The Morgan fingerprint density at radius 2 is 2.00 bits per heavy atom. The van der Waals surface area contributed by atoms with E-state index in [0.29, 0.717) is 24.8 Å². The summed E-state index contributed by atoms with van der Waals surface area (Å²) in [6.45, 7) is 11.1. The van der Waals surface area contributed by atoms with Crippen molar-refractivity contribution in [3.8, 4) is 0 Å². The summed E-state index contributed by atoms with van der Waals surface area (Å²) in [6.07, 6.45) is 4.44. The van der Waals surface area contributed by atoms with E-state index in [4.69, 9.17) is 13.9 Å². The maximum Gasteiger partial charge on any atom is 0.333 e. The monoisotopic (exact) mass is 460 g/mol. The van der Waals surface area contributed by atoms with Gasteiger partial charge in [0.25, 0.3) is 0 Å². The number of aryl methyl sites for hydroxylation is 1. The summed E-state index contributed by atoms with van der Waals surface area (Å²) in [4.78, 5) is 38.1. The Balaban J connectivity index is 2.05. The molecule has 3 rings (SSSR count). The van der Waals surface area contributed by atoms with Gasteiger partial charge in [-0.05, 0) is 51.0 Å². The van der Waals surface area contributed by atoms with Crippen LogP contribution < -0.4 is 0 Å². The number of rotatable bonds is 7. The molecular formula is C26H36O7. The molecule has 1 saturated carbocycles. The first-order valence-electron chi connectivity index (χ1n) is 11.9. The van der Waals surface area contributed by atoms with Crippen molar-refractivity contribution in [2.24, 2.45) is 23.2 Å². The molecule has 2 aliphatic carbocycles. The number of furan rings is 1. The van der Waals surface area contributed by atoms with Gasteiger partial charge in [-0.2, -0.15) is 0 Å². The van der Waals surface area contributed by atoms with Crippen molar-refractivity contribution in [2.45, 2.75) is 85.9 Å². The van der Waals surface area contributed by atoms with Gasteiger partial charge in [0.1, 0.15) is 23.9 Å². The number of aliphatic carboxylic acids is 1. The van der Waals surface area contributed by atoms with Crippen LogP contribution in [0.5, 0.6) is 0 Å². The topological polar surface area (TPSA) is 103 Å². The molecule has 1 N–H and O–H groups in total. The van der Waals surface area contributed by atoms with Crippen LogP contribution >= 0.6 is 0 Å². The first kappa shape index (κ1) is 25.1. The lowest BCUT2D eigenvalue weighted by molar-refractivity contribution is -0.198. The average molecular weight is 461 g/mol. The van der Waals surface area contributed by atoms with E-state index < -0.39 is 35.5 Å². The van der Waals surface area contributed by atoms with Crippen LogP contribution in [0, 0.1) is 30.1 Å². The average Bonchev–Trinajstić information content (AvgIpc) is 3.12. The van der Waals surface area contributed by atoms with Crippen molar-refractivity contribution in [3.05, 3.63) is 34.8 Å². The molecule has 1 aromatic rings. The molecule has 0 amide bonds. The molecule has 1 aromatic heterocycles. The van der Waals surface area contributed by atoms with Gasteiger partial charge in [-0.15, -0.1) is 0 Å². The Morgan fingerprint density at radius 1 is 1.30 bits per heavy atom. The van der Waals surface area contributed by atoms with Gasteiger partial charge in [-0.3, -0.25) is 9.59 Å². The summed E-state index contributed by atoms with van der Waals surface area (Å²) in [5.41, 5.74) is 1.07. The van der Waals surface area contributed by atoms with Crippen LogP contribution in [0.4, 0.5) is 0 Å². The summed E-state index contributed by atoms with van der Waals surface area (Å²) in [7, 11) is 0. The number of ether oxygens (including phenoxy) is 2. The third-order valence-electron chi connectivity index (χ3n) is 7.82. The van der Waals surface area contributed by atoms with Crippen molar-refractivity contribution in [1.29, 1.82) is 0 Å². The molecule has 6 atom stereocenters. The Hall–Kier alpha value is -2.57. The minimum Gasteiger partial charge on any atom is -0.481 e. The van der Waals surface area contributed by atoms with Gasteiger partial charge in [0.05, 0.1) is 6.26 Å². The van der Waals surface area contributed by atoms with Crippen LogP contribution in [-0.4, -0.2) is 29.1 Å². The summed E-state index contributed by atoms with van der Waals surface area (Å²) in [5, 5.41) is 10.4. The van der Waals surface area contributed by atoms with Crippen LogP contribution in [0.25, 0.3) is 0 Å². The van der Waals surface area contributed by atoms with Gasteiger partial charge in [0.15, 0.2) is 0 Å². The maximum atomic E-state index is 12.9. The Labute approximate surface area is 195 Å². The number of esters is 2. The van der Waals surface area contributed by atoms with Crippen molar-refractivity contribution < 1.29 is 33.4 Å². The predicted molar refractivity (Wildman–Crippen MR) is 121 cm³/mol. The fraction of sp³-hybridized carbons (Fsp3) is 0.654. The minimum atomic E-state index is -1.05. The number of carboxylic acid groups (broad SMARTS) is 1. The Kier molecular flexibility index (Phi) is 7.39. The van der Waals surface area contributed by atoms with Crippen LogP contribution in [0.3, 0.4) is 0 Å². The molecule has 0 saturated heterocycles. The molecule has 182 valence electrons. The van der Waals surface area contributed by atoms with Gasteiger partial charge in [0, 0.05) is 29.4 Å². The van der Waals surface area contributed by atoms with Crippen LogP contribution in [0.15, 0.2) is 22.3 Å². The third-order valence-corrected chi connectivity index (χ3v) is 7.82. The van der Waals surface area contributed by atoms with Gasteiger partial charge in [0.2, 0.25) is 0 Å². The minimum absolute atomic E-state index is 0.0872. The highest BCUT2D eigenvalue weighted by Gasteiger charge is 2.62. The normalized spacial score (nSPS) is 30.1. The van der Waals surface area contributed by atoms with Crippen LogP contribution in [0.2, 0.25) is 0 Å². The molecule has 0 aromatic carbocycles. The van der Waals surface area contributed by atoms with Gasteiger partial charge in [-0.1, -0.05) is 33.3 Å². The molecule has 0 unspecified atom stereocenters. The fourth-order valence-electron chi connectivity index (χ4n) is 5.44. The van der Waals surface area contributed by atoms with E-state index in [0.717, 1.165) is 23.3 Å². The molecule has 0 aliphatic heterocycles. The molecular weight excluding hydrogens is 424 g/mol. The molecule has 33 heavy (non-hydrogen) atoms. The van der Waals surface area contributed by atoms with E-state index in [-0.39, 0.29) is 24.2 Å². The van der Waals surface area contributed by atoms with E-state index in [2.05, 4.69) is 0 Å². The molecule has 7 nitrogen and oxygen atoms in total. The first-order chi connectivity index (χ1) is 15.5. The first-order valence-corrected chi connectivity index (χ1v) is 11.9. The molecule has 1 heterocycles. The van der Waals surface area contributed by atoms with E-state index in [1.807, 2.05) is 27.7 Å². The van der Waals surface area contributed by atoms with Gasteiger partial charge >= 0.3 is 17.9 Å². The standard InChI is InChI=1S/C26H36O7/c1-7-14(3)11-20(27)33-23-21-16(5)13-31-19(21)12-17-9-10-18(32-25(30)15(4)8-2)22(24(28)29)26(17,23)6/h8,13-14,17-18,22-23H,7,9-12H2,1-6H3,(H,28,29)/t14-,17+,18-,22+,23+,26-/m0/s1. The molecule has 7 heteroatoms. The van der Waals surface area contributed by atoms with E-state index >= 15 is 0 Å². The SMILES string of the molecule is CC=C(C)C(=O)O[C@H]1CC[C@@H]2Cc3occ(C)c3[C@@H](OC(=O)C[C@@H](C)CC)[C@]2(C)[C@H]1C(=O)O. The van der Waals surface area contributed by atoms with E-state index in [1.165, 1.54) is 0 Å². The zero-order valence-electron chi connectivity index (χ0n) is 20.5. The van der Waals surface area contributed by atoms with Crippen molar-refractivity contribution in [2.75, 3.05) is 0 Å². The molecule has 0 spiro atoms. The summed E-state index contributed by atoms with van der Waals surface area (Å²) in [6, 6.07) is 0. The van der Waals surface area contributed by atoms with Gasteiger partial charge in [-0.25, -0.2) is 4.79 Å². The highest BCUT2D eigenvalue weighted by atomic mass is 16.6. The van der Waals surface area contributed by atoms with Crippen molar-refractivity contribution in [3.63, 3.8) is 0 Å². The van der Waals surface area contributed by atoms with E-state index in [1.54, 1.807) is 26.2 Å². The molecule has 0 radical (unpaired) electrons. The number of carboxylic acids is 1. The number of fused-ring (bicyclic) bond motifs is 2. The highest BCUT2D eigenvalue weighted by molar-refractivity contribution is 5.88. The summed E-state index contributed by atoms with van der Waals surface area (Å²) >= 11 is 0. The van der Waals surface area contributed by atoms with Crippen LogP contribution in [0.1, 0.15) is 83.3 Å². The fourth-order valence-corrected chi connectivity index (χ4v) is 5.44. The zero-order valence-corrected chi connectivity index (χ0v) is 20.5. The predicted octanol–water partition coefficient (Wildman–Crippen LogP) is 5.16. The number of carbonyl (C=O) groups excluding carboxylic acids is 2. The summed E-state index contributed by atoms with van der Waals surface area (Å²) in [5.74, 6) is -2.11. The lowest BCUT2D eigenvalue weighted by Crippen LogP contribution is -2.56. The number of carbonyl (C=O) groups is 3. The van der Waals surface area contributed by atoms with Crippen molar-refractivity contribution in [1.82, 2.24) is 0 Å². The zero-order chi connectivity index (χ0) is 24.5. The van der Waals surface area contributed by atoms with Crippen LogP contribution in [-0.2, 0) is 30.3 Å². The summed E-state index contributed by atoms with van der Waals surface area (Å²) < 4.78 is 17.6. The highest BCUT2D eigenvalue weighted by Crippen LogP contribution is 2.60. The Bertz CT molecular complexity index is 942. The lowest BCUT2D eigenvalue weighted by atomic mass is 9.53. The number of hydrogen-bond donors (Lipinski definition) is 1. The second-order valence-corrected chi connectivity index (χ2v) is 9.92. The molecule has 2 aliphatic rings. The second-order valence-electron chi connectivity index (χ2n) is 9.92. The number of hydrogen-bond acceptors (Lipinski definition) is 6. The lowest BCUT2D eigenvalue weighted by Gasteiger charge is -2.53. The van der Waals surface area contributed by atoms with E-state index in [9.17, 15) is 19.5 Å². The number of allylic oxidation sites excluding steroid dienone is 1. The third kappa shape index (κ3) is 4.59. The largest absolute Gasteiger partial charge is 0.481 e.